The first-order valence-corrected chi connectivity index (χ1v) is 11.2. The number of nitrogens with zero attached hydrogens (tertiary/aromatic N) is 1. The highest BCUT2D eigenvalue weighted by molar-refractivity contribution is 6.29. The monoisotopic (exact) mass is 537 g/mol. The lowest BCUT2D eigenvalue weighted by atomic mass is 9.74. The van der Waals surface area contributed by atoms with E-state index in [1.54, 1.807) is 18.2 Å². The van der Waals surface area contributed by atoms with Gasteiger partial charge in [-0.05, 0) is 17.7 Å². The lowest BCUT2D eigenvalue weighted by Crippen LogP contribution is -2.65. The van der Waals surface area contributed by atoms with Gasteiger partial charge < -0.3 is 29.9 Å². The smallest absolute Gasteiger partial charge is 0.416 e. The van der Waals surface area contributed by atoms with Crippen molar-refractivity contribution in [2.75, 3.05) is 7.11 Å². The van der Waals surface area contributed by atoms with Crippen LogP contribution in [0.4, 0.5) is 13.2 Å². The van der Waals surface area contributed by atoms with E-state index in [1.807, 2.05) is 0 Å². The van der Waals surface area contributed by atoms with E-state index in [0.29, 0.717) is 12.1 Å². The average molecular weight is 538 g/mol. The van der Waals surface area contributed by atoms with E-state index in [2.05, 4.69) is 4.98 Å². The molecular formula is C25H19ClF3NO7. The maximum absolute atomic E-state index is 13.3. The first kappa shape index (κ1) is 25.3. The van der Waals surface area contributed by atoms with Gasteiger partial charge in [0, 0.05) is 11.6 Å². The number of carbonyl (C=O) groups is 1. The van der Waals surface area contributed by atoms with E-state index in [1.165, 1.54) is 12.1 Å². The molecule has 2 bridgehead atoms. The molecule has 8 nitrogen and oxygen atoms in total. The summed E-state index contributed by atoms with van der Waals surface area (Å²) in [5, 5.41) is 45.7. The molecule has 1 aromatic heterocycles. The molecule has 0 amide bonds. The number of fused-ring (bicyclic) bond motifs is 4. The minimum absolute atomic E-state index is 0.187. The highest BCUT2D eigenvalue weighted by atomic mass is 35.5. The summed E-state index contributed by atoms with van der Waals surface area (Å²) < 4.78 is 51.3. The molecule has 0 saturated heterocycles. The van der Waals surface area contributed by atoms with Crippen molar-refractivity contribution in [2.24, 2.45) is 5.92 Å². The van der Waals surface area contributed by atoms with Crippen LogP contribution in [0.25, 0.3) is 0 Å². The molecule has 1 unspecified atom stereocenters. The minimum atomic E-state index is -4.70. The number of aromatic nitrogens is 1. The molecule has 12 heteroatoms. The predicted octanol–water partition coefficient (Wildman–Crippen LogP) is 3.42. The zero-order valence-corrected chi connectivity index (χ0v) is 19.7. The highest BCUT2D eigenvalue weighted by Gasteiger charge is 2.84. The number of benzene rings is 2. The van der Waals surface area contributed by atoms with Crippen molar-refractivity contribution in [1.29, 1.82) is 0 Å². The molecule has 1 fully saturated rings. The third-order valence-corrected chi connectivity index (χ3v) is 7.29. The van der Waals surface area contributed by atoms with E-state index in [-0.39, 0.29) is 22.0 Å². The number of pyridine rings is 1. The topological polar surface area (TPSA) is 129 Å². The molecule has 1 aliphatic carbocycles. The van der Waals surface area contributed by atoms with Crippen molar-refractivity contribution >= 4 is 17.6 Å². The molecule has 2 heterocycles. The molecule has 4 N–H and O–H groups in total. The Morgan fingerprint density at radius 3 is 2.24 bits per heavy atom. The fourth-order valence-corrected chi connectivity index (χ4v) is 5.81. The van der Waals surface area contributed by atoms with E-state index >= 15 is 0 Å². The zero-order valence-electron chi connectivity index (χ0n) is 18.9. The number of aliphatic carboxylic acids is 1. The van der Waals surface area contributed by atoms with Crippen LogP contribution in [0.5, 0.6) is 11.6 Å². The van der Waals surface area contributed by atoms with E-state index in [4.69, 9.17) is 21.1 Å². The van der Waals surface area contributed by atoms with Gasteiger partial charge in [-0.15, -0.1) is 0 Å². The number of hydrogen-bond acceptors (Lipinski definition) is 7. The molecule has 1 aliphatic heterocycles. The van der Waals surface area contributed by atoms with Crippen LogP contribution < -0.4 is 9.47 Å². The number of methoxy groups -OCH3 is 1. The van der Waals surface area contributed by atoms with Crippen LogP contribution in [0, 0.1) is 5.92 Å². The molecular weight excluding hydrogens is 519 g/mol. The third-order valence-electron chi connectivity index (χ3n) is 7.10. The van der Waals surface area contributed by atoms with Gasteiger partial charge in [-0.1, -0.05) is 54.1 Å². The number of rotatable bonds is 4. The number of halogens is 4. The van der Waals surface area contributed by atoms with Gasteiger partial charge in [0.1, 0.15) is 16.8 Å². The lowest BCUT2D eigenvalue weighted by Gasteiger charge is -2.49. The van der Waals surface area contributed by atoms with Gasteiger partial charge in [-0.25, -0.2) is 4.98 Å². The summed E-state index contributed by atoms with van der Waals surface area (Å²) in [4.78, 5) is 16.7. The summed E-state index contributed by atoms with van der Waals surface area (Å²) in [6.07, 6.45) is -4.70. The number of ether oxygens (including phenoxy) is 2. The molecule has 3 aromatic rings. The second-order valence-corrected chi connectivity index (χ2v) is 9.27. The molecule has 5 rings (SSSR count). The first-order valence-electron chi connectivity index (χ1n) is 10.9. The summed E-state index contributed by atoms with van der Waals surface area (Å²) in [5.41, 5.74) is -7.04. The molecule has 37 heavy (non-hydrogen) atoms. The molecule has 1 saturated carbocycles. The first-order chi connectivity index (χ1) is 17.3. The van der Waals surface area contributed by atoms with Crippen molar-refractivity contribution in [3.05, 3.63) is 88.1 Å². The number of hydrogen-bond donors (Lipinski definition) is 4. The van der Waals surface area contributed by atoms with Crippen molar-refractivity contribution in [3.8, 4) is 11.6 Å². The van der Waals surface area contributed by atoms with Gasteiger partial charge >= 0.3 is 12.1 Å². The van der Waals surface area contributed by atoms with E-state index in [0.717, 1.165) is 25.3 Å². The summed E-state index contributed by atoms with van der Waals surface area (Å²) in [5.74, 6) is -9.27. The van der Waals surface area contributed by atoms with Crippen molar-refractivity contribution in [3.63, 3.8) is 0 Å². The number of aliphatic hydroxyl groups is 3. The van der Waals surface area contributed by atoms with Gasteiger partial charge in [0.05, 0.1) is 24.2 Å². The van der Waals surface area contributed by atoms with Crippen LogP contribution >= 0.6 is 11.6 Å². The summed E-state index contributed by atoms with van der Waals surface area (Å²) >= 11 is 6.09. The van der Waals surface area contributed by atoms with Crippen LogP contribution in [-0.4, -0.2) is 44.3 Å². The Kier molecular flexibility index (Phi) is 5.50. The van der Waals surface area contributed by atoms with Crippen molar-refractivity contribution in [2.45, 2.75) is 29.1 Å². The predicted molar refractivity (Wildman–Crippen MR) is 121 cm³/mol. The molecule has 0 radical (unpaired) electrons. The SMILES string of the molecule is COc1nc(Cl)cc2c1[C@]1(O)[C@@H](C(=O)O)[C@@H](c3ccccc3)C(c3ccc(C(F)(F)F)cc3)(O2)C1(O)O. The van der Waals surface area contributed by atoms with Crippen LogP contribution in [-0.2, 0) is 22.2 Å². The van der Waals surface area contributed by atoms with Gasteiger partial charge in [-0.3, -0.25) is 4.79 Å². The lowest BCUT2D eigenvalue weighted by molar-refractivity contribution is -0.341. The summed E-state index contributed by atoms with van der Waals surface area (Å²) in [6, 6.07) is 12.2. The number of carboxylic acids is 1. The highest BCUT2D eigenvalue weighted by Crippen LogP contribution is 2.71. The summed E-state index contributed by atoms with van der Waals surface area (Å²) in [6.45, 7) is 0. The molecule has 194 valence electrons. The number of carboxylic acid groups (broad SMARTS) is 1. The fraction of sp³-hybridized carbons (Fsp3) is 0.280. The van der Waals surface area contributed by atoms with Crippen LogP contribution in [0.2, 0.25) is 5.15 Å². The Morgan fingerprint density at radius 1 is 1.08 bits per heavy atom. The van der Waals surface area contributed by atoms with Crippen LogP contribution in [0.1, 0.15) is 28.2 Å². The largest absolute Gasteiger partial charge is 0.481 e. The van der Waals surface area contributed by atoms with Gasteiger partial charge in [0.2, 0.25) is 11.7 Å². The zero-order chi connectivity index (χ0) is 27.0. The minimum Gasteiger partial charge on any atom is -0.481 e. The summed E-state index contributed by atoms with van der Waals surface area (Å²) in [7, 11) is 1.15. The maximum atomic E-state index is 13.3. The van der Waals surface area contributed by atoms with E-state index < -0.39 is 58.0 Å². The Morgan fingerprint density at radius 2 is 1.70 bits per heavy atom. The molecule has 4 atom stereocenters. The van der Waals surface area contributed by atoms with E-state index in [9.17, 15) is 38.4 Å². The van der Waals surface area contributed by atoms with Gasteiger partial charge in [-0.2, -0.15) is 13.2 Å². The second-order valence-electron chi connectivity index (χ2n) is 8.88. The Balaban J connectivity index is 1.91. The molecule has 0 spiro atoms. The molecule has 2 aliphatic rings. The average Bonchev–Trinajstić information content (AvgIpc) is 2.92. The molecule has 2 aromatic carbocycles. The fourth-order valence-electron chi connectivity index (χ4n) is 5.64. The quantitative estimate of drug-likeness (QED) is 0.294. The third kappa shape index (κ3) is 3.21. The van der Waals surface area contributed by atoms with Gasteiger partial charge in [0.15, 0.2) is 11.2 Å². The standard InChI is InChI=1S/C25H19ClF3NO7/c1-36-20-18-15(11-16(26)30-20)37-23(13-7-9-14(10-8-13)24(27,28)29)17(12-5-3-2-4-6-12)19(21(31)32)22(18,33)25(23,34)35/h2-11,17,19,33-35H,1H3,(H,31,32)/t17-,19-,22+,23?/m1/s1. The normalized spacial score (nSPS) is 27.8. The Hall–Kier alpha value is -3.38. The van der Waals surface area contributed by atoms with Crippen LogP contribution in [0.15, 0.2) is 60.7 Å². The number of alkyl halides is 3. The van der Waals surface area contributed by atoms with Crippen molar-refractivity contribution in [1.82, 2.24) is 4.98 Å². The Labute approximate surface area is 212 Å². The Bertz CT molecular complexity index is 1380. The second kappa shape index (κ2) is 8.06. The van der Waals surface area contributed by atoms with Crippen molar-refractivity contribution < 1.29 is 47.9 Å². The van der Waals surface area contributed by atoms with Crippen LogP contribution in [0.3, 0.4) is 0 Å². The van der Waals surface area contributed by atoms with Gasteiger partial charge in [0.25, 0.3) is 0 Å². The maximum Gasteiger partial charge on any atom is 0.416 e.